The Bertz CT molecular complexity index is 1140. The summed E-state index contributed by atoms with van der Waals surface area (Å²) in [5.74, 6) is 7.14. The number of aromatic nitrogens is 3. The van der Waals surface area contributed by atoms with Crippen LogP contribution < -0.4 is 10.7 Å². The summed E-state index contributed by atoms with van der Waals surface area (Å²) in [6.07, 6.45) is 1.55. The van der Waals surface area contributed by atoms with Gasteiger partial charge in [0.25, 0.3) is 0 Å². The highest BCUT2D eigenvalue weighted by atomic mass is 32.2. The molecule has 2 N–H and O–H groups in total. The number of rotatable bonds is 4. The number of furan rings is 1. The second kappa shape index (κ2) is 7.34. The van der Waals surface area contributed by atoms with Crippen molar-refractivity contribution < 1.29 is 9.21 Å². The van der Waals surface area contributed by atoms with E-state index in [4.69, 9.17) is 10.3 Å². The topological polar surface area (TPSA) is 90.2 Å². The maximum absolute atomic E-state index is 13.2. The van der Waals surface area contributed by atoms with Crippen LogP contribution in [0.5, 0.6) is 0 Å². The van der Waals surface area contributed by atoms with Crippen molar-refractivity contribution in [3.63, 3.8) is 0 Å². The van der Waals surface area contributed by atoms with E-state index in [9.17, 15) is 4.79 Å². The van der Waals surface area contributed by atoms with Crippen molar-refractivity contribution in [2.75, 3.05) is 16.5 Å². The third-order valence-corrected chi connectivity index (χ3v) is 6.47. The molecule has 0 spiro atoms. The molecule has 0 unspecified atom stereocenters. The van der Waals surface area contributed by atoms with E-state index in [-0.39, 0.29) is 11.7 Å². The van der Waals surface area contributed by atoms with Gasteiger partial charge in [-0.05, 0) is 36.4 Å². The maximum Gasteiger partial charge on any atom is 0.242 e. The lowest BCUT2D eigenvalue weighted by Crippen LogP contribution is -2.30. The number of nitrogen functional groups attached to an aromatic ring is 1. The number of thioether (sulfide) groups is 1. The van der Waals surface area contributed by atoms with Crippen LogP contribution in [0.15, 0.2) is 86.3 Å². The number of nitrogens with two attached hydrogens (primary N) is 1. The minimum Gasteiger partial charge on any atom is -0.461 e. The summed E-state index contributed by atoms with van der Waals surface area (Å²) >= 11 is 2.91. The van der Waals surface area contributed by atoms with E-state index in [1.165, 1.54) is 16.4 Å². The first-order valence-electron chi connectivity index (χ1n) is 8.78. The molecule has 3 heterocycles. The first-order valence-corrected chi connectivity index (χ1v) is 10.6. The fourth-order valence-corrected chi connectivity index (χ4v) is 4.88. The largest absolute Gasteiger partial charge is 0.461 e. The Hall–Kier alpha value is -3.17. The Morgan fingerprint density at radius 1 is 1.00 bits per heavy atom. The summed E-state index contributed by atoms with van der Waals surface area (Å²) in [5.41, 5.74) is 1.76. The van der Waals surface area contributed by atoms with Crippen molar-refractivity contribution >= 4 is 40.8 Å². The second-order valence-electron chi connectivity index (χ2n) is 6.21. The molecule has 1 aliphatic rings. The van der Waals surface area contributed by atoms with Crippen LogP contribution in [0.25, 0.3) is 11.6 Å². The van der Waals surface area contributed by atoms with Crippen LogP contribution in [0.2, 0.25) is 0 Å². The Morgan fingerprint density at radius 3 is 2.34 bits per heavy atom. The third-order valence-electron chi connectivity index (χ3n) is 4.41. The van der Waals surface area contributed by atoms with Crippen LogP contribution in [-0.4, -0.2) is 26.5 Å². The van der Waals surface area contributed by atoms with Gasteiger partial charge in [0.2, 0.25) is 16.9 Å². The molecule has 5 rings (SSSR count). The van der Waals surface area contributed by atoms with Crippen LogP contribution >= 0.6 is 23.5 Å². The van der Waals surface area contributed by atoms with Gasteiger partial charge in [0, 0.05) is 9.79 Å². The van der Waals surface area contributed by atoms with Gasteiger partial charge in [0.15, 0.2) is 5.76 Å². The number of nitrogens with zero attached hydrogens (tertiary/aromatic N) is 4. The quantitative estimate of drug-likeness (QED) is 0.391. The molecule has 1 aliphatic heterocycles. The van der Waals surface area contributed by atoms with Crippen molar-refractivity contribution in [3.05, 3.63) is 66.9 Å². The van der Waals surface area contributed by atoms with E-state index in [2.05, 4.69) is 10.2 Å². The molecule has 0 radical (unpaired) electrons. The minimum absolute atomic E-state index is 0.0576. The average molecular weight is 422 g/mol. The number of amides is 1. The van der Waals surface area contributed by atoms with Crippen molar-refractivity contribution in [1.82, 2.24) is 14.9 Å². The molecule has 4 aromatic rings. The molecule has 144 valence electrons. The van der Waals surface area contributed by atoms with Gasteiger partial charge in [0.1, 0.15) is 0 Å². The zero-order valence-electron chi connectivity index (χ0n) is 15.1. The first kappa shape index (κ1) is 17.9. The van der Waals surface area contributed by atoms with Crippen LogP contribution in [0.4, 0.5) is 11.4 Å². The Morgan fingerprint density at radius 2 is 1.69 bits per heavy atom. The van der Waals surface area contributed by atoms with Gasteiger partial charge in [-0.15, -0.1) is 10.2 Å². The summed E-state index contributed by atoms with van der Waals surface area (Å²) in [6.45, 7) is 0. The van der Waals surface area contributed by atoms with E-state index in [1.807, 2.05) is 48.5 Å². The van der Waals surface area contributed by atoms with E-state index in [0.29, 0.717) is 16.7 Å². The van der Waals surface area contributed by atoms with Gasteiger partial charge in [0.05, 0.1) is 23.4 Å². The van der Waals surface area contributed by atoms with Crippen LogP contribution in [0.1, 0.15) is 0 Å². The summed E-state index contributed by atoms with van der Waals surface area (Å²) in [4.78, 5) is 17.1. The predicted molar refractivity (Wildman–Crippen MR) is 113 cm³/mol. The average Bonchev–Trinajstić information content (AvgIpc) is 3.40. The first-order chi connectivity index (χ1) is 14.2. The van der Waals surface area contributed by atoms with Crippen molar-refractivity contribution in [2.45, 2.75) is 14.9 Å². The molecule has 2 aromatic heterocycles. The standard InChI is InChI=1S/C20H15N5O2S2/c21-25-19(15-8-5-11-27-15)22-23-20(25)28-12-18(26)24-13-6-1-3-9-16(13)29-17-10-4-2-7-14(17)24/h1-11H,12,21H2. The molecule has 9 heteroatoms. The van der Waals surface area contributed by atoms with Crippen LogP contribution in [0.3, 0.4) is 0 Å². The molecular weight excluding hydrogens is 406 g/mol. The summed E-state index contributed by atoms with van der Waals surface area (Å²) in [7, 11) is 0. The van der Waals surface area contributed by atoms with E-state index in [1.54, 1.807) is 35.1 Å². The van der Waals surface area contributed by atoms with Crippen molar-refractivity contribution in [1.29, 1.82) is 0 Å². The van der Waals surface area contributed by atoms with Crippen molar-refractivity contribution in [3.8, 4) is 11.6 Å². The van der Waals surface area contributed by atoms with E-state index < -0.39 is 0 Å². The zero-order chi connectivity index (χ0) is 19.8. The number of benzene rings is 2. The highest BCUT2D eigenvalue weighted by molar-refractivity contribution is 8.00. The molecule has 2 aromatic carbocycles. The normalized spacial score (nSPS) is 12.5. The van der Waals surface area contributed by atoms with E-state index >= 15 is 0 Å². The van der Waals surface area contributed by atoms with Gasteiger partial charge in [-0.3, -0.25) is 9.69 Å². The van der Waals surface area contributed by atoms with Gasteiger partial charge >= 0.3 is 0 Å². The lowest BCUT2D eigenvalue weighted by atomic mass is 10.2. The lowest BCUT2D eigenvalue weighted by molar-refractivity contribution is -0.115. The Labute approximate surface area is 174 Å². The molecular formula is C20H15N5O2S2. The molecule has 7 nitrogen and oxygen atoms in total. The van der Waals surface area contributed by atoms with Gasteiger partial charge in [-0.25, -0.2) is 4.68 Å². The monoisotopic (exact) mass is 421 g/mol. The number of hydrogen-bond donors (Lipinski definition) is 1. The Balaban J connectivity index is 1.41. The molecule has 0 aliphatic carbocycles. The smallest absolute Gasteiger partial charge is 0.242 e. The highest BCUT2D eigenvalue weighted by Crippen LogP contribution is 2.48. The Kier molecular flexibility index (Phi) is 4.53. The predicted octanol–water partition coefficient (Wildman–Crippen LogP) is 4.17. The van der Waals surface area contributed by atoms with E-state index in [0.717, 1.165) is 21.2 Å². The second-order valence-corrected chi connectivity index (χ2v) is 8.24. The number of carbonyl (C=O) groups is 1. The van der Waals surface area contributed by atoms with Crippen LogP contribution in [-0.2, 0) is 4.79 Å². The van der Waals surface area contributed by atoms with Gasteiger partial charge < -0.3 is 10.3 Å². The van der Waals surface area contributed by atoms with Gasteiger partial charge in [-0.2, -0.15) is 0 Å². The number of anilines is 2. The molecule has 0 saturated carbocycles. The van der Waals surface area contributed by atoms with Crippen molar-refractivity contribution in [2.24, 2.45) is 0 Å². The molecule has 0 atom stereocenters. The molecule has 29 heavy (non-hydrogen) atoms. The molecule has 0 fully saturated rings. The third kappa shape index (κ3) is 3.18. The zero-order valence-corrected chi connectivity index (χ0v) is 16.7. The van der Waals surface area contributed by atoms with Gasteiger partial charge in [-0.1, -0.05) is 47.8 Å². The van der Waals surface area contributed by atoms with Crippen LogP contribution in [0, 0.1) is 0 Å². The molecule has 1 amide bonds. The maximum atomic E-state index is 13.2. The minimum atomic E-state index is -0.0576. The molecule has 0 bridgehead atoms. The lowest BCUT2D eigenvalue weighted by Gasteiger charge is -2.30. The molecule has 0 saturated heterocycles. The SMILES string of the molecule is Nn1c(SCC(=O)N2c3ccccc3Sc3ccccc32)nnc1-c1ccco1. The highest BCUT2D eigenvalue weighted by Gasteiger charge is 2.28. The number of hydrogen-bond acceptors (Lipinski definition) is 7. The number of fused-ring (bicyclic) bond motifs is 2. The summed E-state index contributed by atoms with van der Waals surface area (Å²) in [5, 5.41) is 8.60. The summed E-state index contributed by atoms with van der Waals surface area (Å²) < 4.78 is 6.66. The number of para-hydroxylation sites is 2. The fraction of sp³-hybridized carbons (Fsp3) is 0.0500. The fourth-order valence-electron chi connectivity index (χ4n) is 3.11. The summed E-state index contributed by atoms with van der Waals surface area (Å²) in [6, 6.07) is 19.3. The number of carbonyl (C=O) groups excluding carboxylic acids is 1.